The molecule has 1 heterocycles. The van der Waals surface area contributed by atoms with Gasteiger partial charge < -0.3 is 9.47 Å². The minimum atomic E-state index is 0.290. The summed E-state index contributed by atoms with van der Waals surface area (Å²) in [7, 11) is 0. The zero-order valence-corrected chi connectivity index (χ0v) is 9.50. The van der Waals surface area contributed by atoms with E-state index >= 15 is 0 Å². The summed E-state index contributed by atoms with van der Waals surface area (Å²) in [4.78, 5) is 0. The molecule has 1 aromatic carbocycles. The van der Waals surface area contributed by atoms with Crippen molar-refractivity contribution in [3.63, 3.8) is 0 Å². The molecular formula is C11H13BrO2. The Balaban J connectivity index is 1.82. The Labute approximate surface area is 92.3 Å². The summed E-state index contributed by atoms with van der Waals surface area (Å²) in [6, 6.07) is 7.87. The van der Waals surface area contributed by atoms with Crippen LogP contribution in [0.25, 0.3) is 0 Å². The molecule has 0 radical (unpaired) electrons. The van der Waals surface area contributed by atoms with Crippen molar-refractivity contribution < 1.29 is 9.47 Å². The molecule has 1 fully saturated rings. The van der Waals surface area contributed by atoms with Gasteiger partial charge in [-0.3, -0.25) is 0 Å². The largest absolute Gasteiger partial charge is 0.491 e. The zero-order chi connectivity index (χ0) is 9.80. The quantitative estimate of drug-likeness (QED) is 0.828. The average Bonchev–Trinajstić information content (AvgIpc) is 2.70. The Morgan fingerprint density at radius 3 is 2.79 bits per heavy atom. The molecular weight excluding hydrogens is 244 g/mol. The van der Waals surface area contributed by atoms with Gasteiger partial charge in [0, 0.05) is 11.1 Å². The van der Waals surface area contributed by atoms with Gasteiger partial charge in [0.2, 0.25) is 0 Å². The normalized spacial score (nSPS) is 21.1. The molecule has 14 heavy (non-hydrogen) atoms. The third-order valence-electron chi connectivity index (χ3n) is 2.27. The van der Waals surface area contributed by atoms with Gasteiger partial charge in [0.05, 0.1) is 6.10 Å². The van der Waals surface area contributed by atoms with Crippen LogP contribution in [0.1, 0.15) is 12.8 Å². The topological polar surface area (TPSA) is 18.5 Å². The van der Waals surface area contributed by atoms with E-state index in [-0.39, 0.29) is 0 Å². The molecule has 3 heteroatoms. The maximum atomic E-state index is 5.60. The number of hydrogen-bond donors (Lipinski definition) is 0. The smallest absolute Gasteiger partial charge is 0.119 e. The molecule has 2 nitrogen and oxygen atoms in total. The summed E-state index contributed by atoms with van der Waals surface area (Å²) >= 11 is 3.38. The predicted octanol–water partition coefficient (Wildman–Crippen LogP) is 3.01. The van der Waals surface area contributed by atoms with Crippen LogP contribution in [0.3, 0.4) is 0 Å². The van der Waals surface area contributed by atoms with E-state index in [4.69, 9.17) is 9.47 Å². The molecule has 0 unspecified atom stereocenters. The highest BCUT2D eigenvalue weighted by molar-refractivity contribution is 9.10. The van der Waals surface area contributed by atoms with Gasteiger partial charge in [-0.1, -0.05) is 15.9 Å². The molecule has 0 spiro atoms. The van der Waals surface area contributed by atoms with Gasteiger partial charge in [0.1, 0.15) is 12.4 Å². The third-order valence-corrected chi connectivity index (χ3v) is 2.80. The highest BCUT2D eigenvalue weighted by Crippen LogP contribution is 2.18. The fourth-order valence-electron chi connectivity index (χ4n) is 1.50. The van der Waals surface area contributed by atoms with E-state index in [0.29, 0.717) is 12.7 Å². The van der Waals surface area contributed by atoms with Crippen molar-refractivity contribution in [2.24, 2.45) is 0 Å². The first-order valence-corrected chi connectivity index (χ1v) is 5.64. The Morgan fingerprint density at radius 2 is 2.14 bits per heavy atom. The minimum Gasteiger partial charge on any atom is -0.491 e. The van der Waals surface area contributed by atoms with Crippen LogP contribution >= 0.6 is 15.9 Å². The molecule has 1 aliphatic rings. The Hall–Kier alpha value is -0.540. The number of rotatable bonds is 3. The van der Waals surface area contributed by atoms with E-state index in [1.54, 1.807) is 0 Å². The fraction of sp³-hybridized carbons (Fsp3) is 0.455. The van der Waals surface area contributed by atoms with Crippen LogP contribution in [-0.4, -0.2) is 19.3 Å². The predicted molar refractivity (Wildman–Crippen MR) is 58.6 cm³/mol. The van der Waals surface area contributed by atoms with Crippen molar-refractivity contribution in [2.75, 3.05) is 13.2 Å². The molecule has 1 aliphatic heterocycles. The molecule has 0 N–H and O–H groups in total. The molecule has 1 atom stereocenters. The monoisotopic (exact) mass is 256 g/mol. The van der Waals surface area contributed by atoms with E-state index in [0.717, 1.165) is 29.7 Å². The summed E-state index contributed by atoms with van der Waals surface area (Å²) < 4.78 is 12.1. The molecule has 0 aromatic heterocycles. The van der Waals surface area contributed by atoms with Crippen LogP contribution in [0.5, 0.6) is 5.75 Å². The van der Waals surface area contributed by atoms with Crippen molar-refractivity contribution in [1.82, 2.24) is 0 Å². The van der Waals surface area contributed by atoms with Gasteiger partial charge in [0.15, 0.2) is 0 Å². The Bertz CT molecular complexity index is 278. The number of benzene rings is 1. The van der Waals surface area contributed by atoms with Gasteiger partial charge in [-0.25, -0.2) is 0 Å². The standard InChI is InChI=1S/C11H13BrO2/c12-9-3-5-10(6-4-9)14-8-11-2-1-7-13-11/h3-6,11H,1-2,7-8H2/t11-/m1/s1. The summed E-state index contributed by atoms with van der Waals surface area (Å²) in [6.07, 6.45) is 2.57. The second-order valence-corrected chi connectivity index (χ2v) is 4.32. The van der Waals surface area contributed by atoms with Crippen molar-refractivity contribution in [3.05, 3.63) is 28.7 Å². The van der Waals surface area contributed by atoms with E-state index < -0.39 is 0 Å². The highest BCUT2D eigenvalue weighted by atomic mass is 79.9. The lowest BCUT2D eigenvalue weighted by Gasteiger charge is -2.11. The third kappa shape index (κ3) is 2.72. The first-order valence-electron chi connectivity index (χ1n) is 4.84. The van der Waals surface area contributed by atoms with E-state index in [2.05, 4.69) is 15.9 Å². The first kappa shape index (κ1) is 9.99. The average molecular weight is 257 g/mol. The summed E-state index contributed by atoms with van der Waals surface area (Å²) in [6.45, 7) is 1.55. The van der Waals surface area contributed by atoms with E-state index in [9.17, 15) is 0 Å². The van der Waals surface area contributed by atoms with Gasteiger partial charge in [-0.15, -0.1) is 0 Å². The summed E-state index contributed by atoms with van der Waals surface area (Å²) in [5.41, 5.74) is 0. The summed E-state index contributed by atoms with van der Waals surface area (Å²) in [5.74, 6) is 0.906. The van der Waals surface area contributed by atoms with Crippen molar-refractivity contribution in [2.45, 2.75) is 18.9 Å². The maximum Gasteiger partial charge on any atom is 0.119 e. The van der Waals surface area contributed by atoms with Gasteiger partial charge in [0.25, 0.3) is 0 Å². The van der Waals surface area contributed by atoms with Gasteiger partial charge in [-0.2, -0.15) is 0 Å². The highest BCUT2D eigenvalue weighted by Gasteiger charge is 2.15. The van der Waals surface area contributed by atoms with E-state index in [1.807, 2.05) is 24.3 Å². The van der Waals surface area contributed by atoms with Crippen LogP contribution in [-0.2, 0) is 4.74 Å². The van der Waals surface area contributed by atoms with Crippen LogP contribution in [0, 0.1) is 0 Å². The second kappa shape index (κ2) is 4.80. The second-order valence-electron chi connectivity index (χ2n) is 3.40. The number of ether oxygens (including phenoxy) is 2. The van der Waals surface area contributed by atoms with E-state index in [1.165, 1.54) is 0 Å². The lowest BCUT2D eigenvalue weighted by atomic mass is 10.2. The summed E-state index contributed by atoms with van der Waals surface area (Å²) in [5, 5.41) is 0. The van der Waals surface area contributed by atoms with Gasteiger partial charge in [-0.05, 0) is 37.1 Å². The van der Waals surface area contributed by atoms with Gasteiger partial charge >= 0.3 is 0 Å². The van der Waals surface area contributed by atoms with Crippen molar-refractivity contribution >= 4 is 15.9 Å². The molecule has 2 rings (SSSR count). The zero-order valence-electron chi connectivity index (χ0n) is 7.91. The lowest BCUT2D eigenvalue weighted by molar-refractivity contribution is 0.0679. The SMILES string of the molecule is Brc1ccc(OC[C@H]2CCCO2)cc1. The first-order chi connectivity index (χ1) is 6.84. The van der Waals surface area contributed by atoms with Crippen molar-refractivity contribution in [1.29, 1.82) is 0 Å². The van der Waals surface area contributed by atoms with Crippen LogP contribution in [0.2, 0.25) is 0 Å². The molecule has 0 amide bonds. The molecule has 0 aliphatic carbocycles. The molecule has 1 aromatic rings. The molecule has 76 valence electrons. The van der Waals surface area contributed by atoms with Crippen LogP contribution < -0.4 is 4.74 Å². The lowest BCUT2D eigenvalue weighted by Crippen LogP contribution is -2.16. The maximum absolute atomic E-state index is 5.60. The molecule has 0 bridgehead atoms. The minimum absolute atomic E-state index is 0.290. The Morgan fingerprint density at radius 1 is 1.36 bits per heavy atom. The number of halogens is 1. The number of hydrogen-bond acceptors (Lipinski definition) is 2. The fourth-order valence-corrected chi connectivity index (χ4v) is 1.76. The molecule has 1 saturated heterocycles. The molecule has 0 saturated carbocycles. The van der Waals surface area contributed by atoms with Crippen molar-refractivity contribution in [3.8, 4) is 5.75 Å². The van der Waals surface area contributed by atoms with Crippen LogP contribution in [0.15, 0.2) is 28.7 Å². The Kier molecular flexibility index (Phi) is 3.43. The van der Waals surface area contributed by atoms with Crippen LogP contribution in [0.4, 0.5) is 0 Å².